The summed E-state index contributed by atoms with van der Waals surface area (Å²) in [4.78, 5) is 12.7. The van der Waals surface area contributed by atoms with Crippen LogP contribution in [0.3, 0.4) is 0 Å². The van der Waals surface area contributed by atoms with E-state index in [1.807, 2.05) is 16.7 Å². The fourth-order valence-electron chi connectivity index (χ4n) is 3.83. The van der Waals surface area contributed by atoms with Crippen LogP contribution in [0.15, 0.2) is 42.5 Å². The third kappa shape index (κ3) is 3.49. The Balaban J connectivity index is 1.37. The van der Waals surface area contributed by atoms with Crippen LogP contribution in [-0.4, -0.2) is 33.4 Å². The van der Waals surface area contributed by atoms with Gasteiger partial charge in [0.05, 0.1) is 5.56 Å². The molecule has 0 saturated heterocycles. The molecule has 2 aliphatic rings. The average molecular weight is 408 g/mol. The van der Waals surface area contributed by atoms with E-state index in [1.54, 1.807) is 18.2 Å². The molecule has 1 amide bonds. The zero-order valence-electron chi connectivity index (χ0n) is 16.3. The summed E-state index contributed by atoms with van der Waals surface area (Å²) in [5.74, 6) is 1.74. The highest BCUT2D eigenvalue weighted by Crippen LogP contribution is 2.32. The summed E-state index contributed by atoms with van der Waals surface area (Å²) in [5, 5.41) is 11.3. The van der Waals surface area contributed by atoms with E-state index in [2.05, 4.69) is 15.5 Å². The Morgan fingerprint density at radius 1 is 1.10 bits per heavy atom. The standard InChI is InChI=1S/C22H21FN4O3/c23-16-10-9-14(12-15(16)21-26-25-20-8-2-1-5-11-27(20)21)24-22(28)19-13-29-17-6-3-4-7-18(17)30-19/h3-4,6-7,9-10,12,19H,1-2,5,8,11,13H2,(H,24,28). The van der Waals surface area contributed by atoms with Gasteiger partial charge in [-0.3, -0.25) is 4.79 Å². The minimum Gasteiger partial charge on any atom is -0.485 e. The third-order valence-corrected chi connectivity index (χ3v) is 5.39. The molecule has 8 heteroatoms. The number of ether oxygens (including phenoxy) is 2. The van der Waals surface area contributed by atoms with Crippen molar-refractivity contribution >= 4 is 11.6 Å². The predicted molar refractivity (Wildman–Crippen MR) is 108 cm³/mol. The number of fused-ring (bicyclic) bond motifs is 2. The molecule has 1 N–H and O–H groups in total. The number of nitrogens with zero attached hydrogens (tertiary/aromatic N) is 3. The van der Waals surface area contributed by atoms with Crippen LogP contribution in [-0.2, 0) is 17.8 Å². The molecule has 30 heavy (non-hydrogen) atoms. The predicted octanol–water partition coefficient (Wildman–Crippen LogP) is 3.59. The van der Waals surface area contributed by atoms with Crippen LogP contribution in [0, 0.1) is 5.82 Å². The largest absolute Gasteiger partial charge is 0.485 e. The van der Waals surface area contributed by atoms with E-state index in [-0.39, 0.29) is 12.5 Å². The summed E-state index contributed by atoms with van der Waals surface area (Å²) in [6, 6.07) is 11.6. The first-order valence-electron chi connectivity index (χ1n) is 10.1. The Kier molecular flexibility index (Phi) is 4.82. The number of benzene rings is 2. The maximum atomic E-state index is 14.6. The van der Waals surface area contributed by atoms with Gasteiger partial charge in [-0.15, -0.1) is 10.2 Å². The summed E-state index contributed by atoms with van der Waals surface area (Å²) in [6.45, 7) is 0.870. The van der Waals surface area contributed by atoms with Gasteiger partial charge in [-0.1, -0.05) is 18.6 Å². The average Bonchev–Trinajstić information content (AvgIpc) is 3.02. The van der Waals surface area contributed by atoms with Crippen molar-refractivity contribution in [3.8, 4) is 22.9 Å². The number of hydrogen-bond donors (Lipinski definition) is 1. The minimum atomic E-state index is -0.794. The molecule has 0 spiro atoms. The van der Waals surface area contributed by atoms with Crippen LogP contribution in [0.5, 0.6) is 11.5 Å². The SMILES string of the molecule is O=C(Nc1ccc(F)c(-c2nnc3n2CCCCC3)c1)C1COc2ccccc2O1. The summed E-state index contributed by atoms with van der Waals surface area (Å²) in [7, 11) is 0. The maximum Gasteiger partial charge on any atom is 0.269 e. The van der Waals surface area contributed by atoms with Gasteiger partial charge in [0.15, 0.2) is 17.3 Å². The molecule has 0 fully saturated rings. The molecule has 1 unspecified atom stereocenters. The van der Waals surface area contributed by atoms with E-state index in [4.69, 9.17) is 9.47 Å². The quantitative estimate of drug-likeness (QED) is 0.717. The molecule has 5 rings (SSSR count). The molecule has 1 aromatic heterocycles. The van der Waals surface area contributed by atoms with E-state index in [1.165, 1.54) is 12.1 Å². The van der Waals surface area contributed by atoms with Gasteiger partial charge in [0, 0.05) is 18.7 Å². The summed E-state index contributed by atoms with van der Waals surface area (Å²) in [5.41, 5.74) is 0.782. The fraction of sp³-hybridized carbons (Fsp3) is 0.318. The van der Waals surface area contributed by atoms with Crippen molar-refractivity contribution in [2.75, 3.05) is 11.9 Å². The molecule has 3 aromatic rings. The van der Waals surface area contributed by atoms with Gasteiger partial charge in [0.25, 0.3) is 5.91 Å². The number of rotatable bonds is 3. The second-order valence-electron chi connectivity index (χ2n) is 7.45. The Morgan fingerprint density at radius 3 is 2.87 bits per heavy atom. The van der Waals surface area contributed by atoms with Crippen molar-refractivity contribution in [1.82, 2.24) is 14.8 Å². The highest BCUT2D eigenvalue weighted by atomic mass is 19.1. The second-order valence-corrected chi connectivity index (χ2v) is 7.45. The van der Waals surface area contributed by atoms with Crippen LogP contribution < -0.4 is 14.8 Å². The first-order chi connectivity index (χ1) is 14.7. The normalized spacial score (nSPS) is 17.7. The second kappa shape index (κ2) is 7.78. The Bertz CT molecular complexity index is 1100. The molecular formula is C22H21FN4O3. The first-order valence-corrected chi connectivity index (χ1v) is 10.1. The number of nitrogens with one attached hydrogen (secondary N) is 1. The molecule has 2 aliphatic heterocycles. The molecule has 3 heterocycles. The van der Waals surface area contributed by atoms with Gasteiger partial charge in [0.2, 0.25) is 6.10 Å². The lowest BCUT2D eigenvalue weighted by molar-refractivity contribution is -0.125. The van der Waals surface area contributed by atoms with Crippen LogP contribution >= 0.6 is 0 Å². The topological polar surface area (TPSA) is 78.3 Å². The zero-order valence-corrected chi connectivity index (χ0v) is 16.3. The molecule has 7 nitrogen and oxygen atoms in total. The van der Waals surface area contributed by atoms with Crippen molar-refractivity contribution in [3.05, 3.63) is 54.1 Å². The summed E-state index contributed by atoms with van der Waals surface area (Å²) in [6.07, 6.45) is 3.23. The van der Waals surface area contributed by atoms with Gasteiger partial charge in [-0.05, 0) is 43.2 Å². The number of anilines is 1. The lowest BCUT2D eigenvalue weighted by Gasteiger charge is -2.25. The van der Waals surface area contributed by atoms with Crippen molar-refractivity contribution in [1.29, 1.82) is 0 Å². The first kappa shape index (κ1) is 18.6. The molecule has 0 aliphatic carbocycles. The number of halogens is 1. The lowest BCUT2D eigenvalue weighted by Crippen LogP contribution is -2.40. The van der Waals surface area contributed by atoms with Gasteiger partial charge in [-0.25, -0.2) is 4.39 Å². The molecule has 2 aromatic carbocycles. The number of amides is 1. The molecule has 154 valence electrons. The van der Waals surface area contributed by atoms with Crippen LogP contribution in [0.2, 0.25) is 0 Å². The summed E-state index contributed by atoms with van der Waals surface area (Å²) < 4.78 is 27.9. The zero-order chi connectivity index (χ0) is 20.5. The Hall–Kier alpha value is -3.42. The highest BCUT2D eigenvalue weighted by Gasteiger charge is 2.28. The number of hydrogen-bond acceptors (Lipinski definition) is 5. The number of carbonyl (C=O) groups excluding carboxylic acids is 1. The number of para-hydroxylation sites is 2. The molecule has 1 atom stereocenters. The molecule has 0 bridgehead atoms. The number of carbonyl (C=O) groups is 1. The number of aryl methyl sites for hydroxylation is 1. The Labute approximate surface area is 172 Å². The lowest BCUT2D eigenvalue weighted by atomic mass is 10.1. The van der Waals surface area contributed by atoms with Gasteiger partial charge in [-0.2, -0.15) is 0 Å². The third-order valence-electron chi connectivity index (χ3n) is 5.39. The molecule has 0 saturated carbocycles. The van der Waals surface area contributed by atoms with Crippen molar-refractivity contribution in [3.63, 3.8) is 0 Å². The van der Waals surface area contributed by atoms with E-state index < -0.39 is 11.9 Å². The van der Waals surface area contributed by atoms with Crippen molar-refractivity contribution < 1.29 is 18.7 Å². The highest BCUT2D eigenvalue weighted by molar-refractivity contribution is 5.95. The van der Waals surface area contributed by atoms with Gasteiger partial charge >= 0.3 is 0 Å². The van der Waals surface area contributed by atoms with Crippen LogP contribution in [0.25, 0.3) is 11.4 Å². The van der Waals surface area contributed by atoms with E-state index in [0.717, 1.165) is 38.1 Å². The van der Waals surface area contributed by atoms with Crippen LogP contribution in [0.4, 0.5) is 10.1 Å². The van der Waals surface area contributed by atoms with Crippen molar-refractivity contribution in [2.24, 2.45) is 0 Å². The number of aromatic nitrogens is 3. The van der Waals surface area contributed by atoms with Gasteiger partial charge < -0.3 is 19.4 Å². The monoisotopic (exact) mass is 408 g/mol. The van der Waals surface area contributed by atoms with E-state index >= 15 is 0 Å². The van der Waals surface area contributed by atoms with E-state index in [9.17, 15) is 9.18 Å². The summed E-state index contributed by atoms with van der Waals surface area (Å²) >= 11 is 0. The minimum absolute atomic E-state index is 0.106. The fourth-order valence-corrected chi connectivity index (χ4v) is 3.83. The smallest absolute Gasteiger partial charge is 0.269 e. The van der Waals surface area contributed by atoms with E-state index in [0.29, 0.717) is 28.6 Å². The van der Waals surface area contributed by atoms with Crippen molar-refractivity contribution in [2.45, 2.75) is 38.3 Å². The maximum absolute atomic E-state index is 14.6. The molecule has 0 radical (unpaired) electrons. The van der Waals surface area contributed by atoms with Gasteiger partial charge in [0.1, 0.15) is 18.2 Å². The van der Waals surface area contributed by atoms with Crippen LogP contribution in [0.1, 0.15) is 25.1 Å². The Morgan fingerprint density at radius 2 is 1.97 bits per heavy atom. The molecular weight excluding hydrogens is 387 g/mol.